The lowest BCUT2D eigenvalue weighted by atomic mass is 9.92. The lowest BCUT2D eigenvalue weighted by Crippen LogP contribution is -2.39. The average molecular weight is 597 g/mol. The summed E-state index contributed by atoms with van der Waals surface area (Å²) in [7, 11) is -2.12. The smallest absolute Gasteiger partial charge is 0.335 e. The van der Waals surface area contributed by atoms with E-state index in [1.54, 1.807) is 57.5 Å². The van der Waals surface area contributed by atoms with Gasteiger partial charge in [0.2, 0.25) is 10.0 Å². The van der Waals surface area contributed by atoms with E-state index < -0.39 is 39.0 Å². The van der Waals surface area contributed by atoms with Crippen molar-refractivity contribution in [3.8, 4) is 6.07 Å². The number of aromatic nitrogens is 3. The predicted octanol–water partition coefficient (Wildman–Crippen LogP) is 3.70. The third kappa shape index (κ3) is 5.19. The summed E-state index contributed by atoms with van der Waals surface area (Å²) in [5.41, 5.74) is -0.442. The number of carbonyl (C=O) groups is 1. The van der Waals surface area contributed by atoms with Crippen molar-refractivity contribution in [3.05, 3.63) is 46.9 Å². The Morgan fingerprint density at radius 3 is 2.55 bits per heavy atom. The van der Waals surface area contributed by atoms with Crippen LogP contribution in [0.25, 0.3) is 10.9 Å². The van der Waals surface area contributed by atoms with Crippen LogP contribution in [0.5, 0.6) is 0 Å². The molecule has 0 radical (unpaired) electrons. The van der Waals surface area contributed by atoms with Gasteiger partial charge in [0.1, 0.15) is 11.0 Å². The third-order valence-corrected chi connectivity index (χ3v) is 10.1. The summed E-state index contributed by atoms with van der Waals surface area (Å²) in [6.07, 6.45) is 1.81. The Hall–Kier alpha value is -3.73. The molecule has 3 aromatic rings. The first-order valence-electron chi connectivity index (χ1n) is 13.9. The monoisotopic (exact) mass is 596 g/mol. The molecular formula is C29H36N6O6S. The molecule has 224 valence electrons. The summed E-state index contributed by atoms with van der Waals surface area (Å²) in [6.45, 7) is 9.19. The number of fused-ring (bicyclic) bond motifs is 1. The van der Waals surface area contributed by atoms with Crippen LogP contribution in [0, 0.1) is 22.7 Å². The molecule has 12 nitrogen and oxygen atoms in total. The van der Waals surface area contributed by atoms with Crippen molar-refractivity contribution in [2.24, 2.45) is 11.3 Å². The predicted molar refractivity (Wildman–Crippen MR) is 156 cm³/mol. The number of pyridine rings is 1. The van der Waals surface area contributed by atoms with Gasteiger partial charge in [0.25, 0.3) is 5.56 Å². The van der Waals surface area contributed by atoms with E-state index in [1.807, 2.05) is 0 Å². The molecule has 2 aromatic heterocycles. The number of esters is 1. The van der Waals surface area contributed by atoms with Gasteiger partial charge in [-0.25, -0.2) is 13.2 Å². The van der Waals surface area contributed by atoms with Gasteiger partial charge < -0.3 is 19.8 Å². The Bertz CT molecular complexity index is 1710. The molecule has 2 aliphatic rings. The first kappa shape index (κ1) is 29.8. The van der Waals surface area contributed by atoms with Crippen LogP contribution < -0.4 is 10.9 Å². The van der Waals surface area contributed by atoms with Crippen molar-refractivity contribution in [1.82, 2.24) is 19.1 Å². The molecule has 1 saturated heterocycles. The van der Waals surface area contributed by atoms with E-state index in [1.165, 1.54) is 29.7 Å². The van der Waals surface area contributed by atoms with Gasteiger partial charge >= 0.3 is 5.97 Å². The van der Waals surface area contributed by atoms with Gasteiger partial charge in [-0.1, -0.05) is 0 Å². The van der Waals surface area contributed by atoms with Crippen molar-refractivity contribution in [2.45, 2.75) is 76.1 Å². The van der Waals surface area contributed by atoms with Crippen LogP contribution in [0.3, 0.4) is 0 Å². The number of nitriles is 1. The zero-order valence-corrected chi connectivity index (χ0v) is 25.4. The fraction of sp³-hybridized carbons (Fsp3) is 0.517. The highest BCUT2D eigenvalue weighted by molar-refractivity contribution is 7.89. The lowest BCUT2D eigenvalue weighted by Gasteiger charge is -2.30. The number of aromatic amines is 1. The summed E-state index contributed by atoms with van der Waals surface area (Å²) < 4.78 is 40.1. The summed E-state index contributed by atoms with van der Waals surface area (Å²) in [6, 6.07) is 9.80. The van der Waals surface area contributed by atoms with Gasteiger partial charge in [0, 0.05) is 30.4 Å². The van der Waals surface area contributed by atoms with Crippen molar-refractivity contribution >= 4 is 38.4 Å². The highest BCUT2D eigenvalue weighted by Crippen LogP contribution is 2.66. The molecule has 3 heterocycles. The van der Waals surface area contributed by atoms with Gasteiger partial charge in [-0.3, -0.25) is 9.48 Å². The van der Waals surface area contributed by atoms with Crippen LogP contribution in [0.15, 0.2) is 46.2 Å². The molecule has 2 fully saturated rings. The van der Waals surface area contributed by atoms with E-state index in [-0.39, 0.29) is 35.0 Å². The maximum absolute atomic E-state index is 12.9. The first-order valence-corrected chi connectivity index (χ1v) is 15.3. The number of carbonyl (C=O) groups excluding carboxylic acids is 1. The normalized spacial score (nSPS) is 24.2. The van der Waals surface area contributed by atoms with Gasteiger partial charge in [-0.05, 0) is 77.8 Å². The first-order chi connectivity index (χ1) is 19.7. The molecule has 42 heavy (non-hydrogen) atoms. The van der Waals surface area contributed by atoms with Gasteiger partial charge in [0.15, 0.2) is 11.9 Å². The van der Waals surface area contributed by atoms with Crippen LogP contribution in [0.2, 0.25) is 0 Å². The maximum Gasteiger partial charge on any atom is 0.335 e. The second-order valence-electron chi connectivity index (χ2n) is 12.3. The number of nitrogens with zero attached hydrogens (tertiary/aromatic N) is 4. The van der Waals surface area contributed by atoms with E-state index in [0.717, 1.165) is 0 Å². The van der Waals surface area contributed by atoms with Crippen molar-refractivity contribution < 1.29 is 22.7 Å². The molecule has 1 saturated carbocycles. The van der Waals surface area contributed by atoms with Crippen molar-refractivity contribution in [3.63, 3.8) is 0 Å². The average Bonchev–Trinajstić information content (AvgIpc) is 3.37. The number of sulfonamides is 1. The molecule has 4 atom stereocenters. The van der Waals surface area contributed by atoms with Crippen molar-refractivity contribution in [2.75, 3.05) is 19.0 Å². The van der Waals surface area contributed by atoms with E-state index >= 15 is 0 Å². The molecule has 1 aliphatic heterocycles. The third-order valence-electron chi connectivity index (χ3n) is 8.06. The molecule has 0 bridgehead atoms. The number of anilines is 2. The maximum atomic E-state index is 12.9. The largest absolute Gasteiger partial charge is 0.458 e. The van der Waals surface area contributed by atoms with Crippen LogP contribution in [-0.4, -0.2) is 64.9 Å². The minimum Gasteiger partial charge on any atom is -0.458 e. The van der Waals surface area contributed by atoms with E-state index in [9.17, 15) is 23.3 Å². The molecule has 5 rings (SSSR count). The molecule has 0 amide bonds. The highest BCUT2D eigenvalue weighted by atomic mass is 32.2. The Balaban J connectivity index is 1.42. The Kier molecular flexibility index (Phi) is 7.45. The number of hydrogen-bond donors (Lipinski definition) is 2. The zero-order chi connectivity index (χ0) is 30.6. The van der Waals surface area contributed by atoms with Crippen LogP contribution >= 0.6 is 0 Å². The van der Waals surface area contributed by atoms with Crippen molar-refractivity contribution in [1.29, 1.82) is 5.26 Å². The van der Waals surface area contributed by atoms with Gasteiger partial charge in [-0.15, -0.1) is 0 Å². The number of H-pyrrole nitrogens is 1. The molecule has 1 aromatic carbocycles. The Morgan fingerprint density at radius 1 is 1.29 bits per heavy atom. The minimum absolute atomic E-state index is 0.149. The van der Waals surface area contributed by atoms with Crippen LogP contribution in [-0.2, 0) is 24.3 Å². The molecular weight excluding hydrogens is 560 g/mol. The fourth-order valence-electron chi connectivity index (χ4n) is 5.59. The second-order valence-corrected chi connectivity index (χ2v) is 14.3. The zero-order valence-electron chi connectivity index (χ0n) is 24.5. The number of benzene rings is 1. The molecule has 13 heteroatoms. The van der Waals surface area contributed by atoms with Crippen LogP contribution in [0.4, 0.5) is 11.5 Å². The fourth-order valence-corrected chi connectivity index (χ4v) is 6.95. The number of ether oxygens (including phenoxy) is 2. The van der Waals surface area contributed by atoms with Gasteiger partial charge in [0.05, 0.1) is 35.0 Å². The lowest BCUT2D eigenvalue weighted by molar-refractivity contribution is -0.174. The molecule has 1 aliphatic carbocycles. The summed E-state index contributed by atoms with van der Waals surface area (Å²) >= 11 is 0. The topological polar surface area (TPSA) is 159 Å². The highest BCUT2D eigenvalue weighted by Gasteiger charge is 2.68. The summed E-state index contributed by atoms with van der Waals surface area (Å²) in [5, 5.41) is 18.3. The summed E-state index contributed by atoms with van der Waals surface area (Å²) in [5.74, 6) is -0.557. The quantitative estimate of drug-likeness (QED) is 0.388. The minimum atomic E-state index is -3.65. The van der Waals surface area contributed by atoms with Gasteiger partial charge in [-0.2, -0.15) is 14.7 Å². The number of hydrogen-bond acceptors (Lipinski definition) is 9. The van der Waals surface area contributed by atoms with Crippen LogP contribution in [0.1, 0.15) is 53.5 Å². The SMILES string of the molecule is CC(C)N(C)S(=O)(=O)c1ccc(Nc2nn(C3[C@H](C#N)C34CC[C@@H](C(=O)OC(C)(C)C)OC4)c3cc[nH]c(=O)c23)cc1. The summed E-state index contributed by atoms with van der Waals surface area (Å²) in [4.78, 5) is 28.3. The Labute approximate surface area is 244 Å². The molecule has 1 spiro atoms. The van der Waals surface area contributed by atoms with E-state index in [0.29, 0.717) is 29.4 Å². The second kappa shape index (κ2) is 10.5. The van der Waals surface area contributed by atoms with E-state index in [2.05, 4.69) is 16.4 Å². The standard InChI is InChI=1S/C29H36N6O6S/c1-17(2)34(6)42(38,39)19-9-7-18(8-10-19)32-25-23-21(12-14-31-26(23)36)35(33-25)24-20(15-30)29(24)13-11-22(40-16-29)27(37)41-28(3,4)5/h7-10,12,14,17,20,22,24H,11,13,16H2,1-6H3,(H,31,36)(H,32,33)/t20-,22-,24?,29?/m0/s1. The van der Waals surface area contributed by atoms with E-state index in [4.69, 9.17) is 14.6 Å². The Morgan fingerprint density at radius 2 is 1.98 bits per heavy atom. The molecule has 2 N–H and O–H groups in total. The molecule has 2 unspecified atom stereocenters. The number of rotatable bonds is 7. The number of nitrogens with one attached hydrogen (secondary N) is 2.